The first-order valence-electron chi connectivity index (χ1n) is 5.62. The van der Waals surface area contributed by atoms with Crippen LogP contribution in [0.5, 0.6) is 0 Å². The van der Waals surface area contributed by atoms with Gasteiger partial charge in [0.15, 0.2) is 6.10 Å². The van der Waals surface area contributed by atoms with E-state index in [2.05, 4.69) is 0 Å². The van der Waals surface area contributed by atoms with Crippen LogP contribution in [0.3, 0.4) is 0 Å². The molecule has 0 amide bonds. The first-order chi connectivity index (χ1) is 8.22. The molecule has 1 heterocycles. The number of methoxy groups -OCH3 is 1. The minimum Gasteiger partial charge on any atom is -0.467 e. The molecular formula is C13H16O4. The summed E-state index contributed by atoms with van der Waals surface area (Å²) in [6.07, 6.45) is -0.689. The molecule has 4 nitrogen and oxygen atoms in total. The molecule has 3 atom stereocenters. The Labute approximate surface area is 100 Å². The van der Waals surface area contributed by atoms with Crippen molar-refractivity contribution in [3.8, 4) is 0 Å². The summed E-state index contributed by atoms with van der Waals surface area (Å²) >= 11 is 0. The van der Waals surface area contributed by atoms with Gasteiger partial charge in [-0.2, -0.15) is 0 Å². The van der Waals surface area contributed by atoms with E-state index < -0.39 is 6.10 Å². The second-order valence-corrected chi connectivity index (χ2v) is 4.03. The lowest BCUT2D eigenvalue weighted by atomic mass is 10.1. The lowest BCUT2D eigenvalue weighted by molar-refractivity contribution is -0.158. The highest BCUT2D eigenvalue weighted by molar-refractivity contribution is 5.76. The highest BCUT2D eigenvalue weighted by Crippen LogP contribution is 2.25. The molecule has 1 aromatic rings. The predicted octanol–water partition coefficient (Wildman–Crippen LogP) is 1.70. The van der Waals surface area contributed by atoms with Crippen molar-refractivity contribution >= 4 is 5.97 Å². The highest BCUT2D eigenvalue weighted by atomic mass is 16.6. The third kappa shape index (κ3) is 3.05. The molecule has 0 unspecified atom stereocenters. The zero-order valence-electron chi connectivity index (χ0n) is 9.96. The predicted molar refractivity (Wildman–Crippen MR) is 61.5 cm³/mol. The molecule has 0 N–H and O–H groups in total. The van der Waals surface area contributed by atoms with E-state index in [9.17, 15) is 4.79 Å². The van der Waals surface area contributed by atoms with E-state index in [-0.39, 0.29) is 18.2 Å². The van der Waals surface area contributed by atoms with Gasteiger partial charge in [-0.15, -0.1) is 0 Å². The average molecular weight is 236 g/mol. The van der Waals surface area contributed by atoms with E-state index in [4.69, 9.17) is 14.2 Å². The van der Waals surface area contributed by atoms with Crippen molar-refractivity contribution in [1.29, 1.82) is 0 Å². The van der Waals surface area contributed by atoms with Crippen molar-refractivity contribution in [2.24, 2.45) is 0 Å². The molecule has 1 aromatic carbocycles. The lowest BCUT2D eigenvalue weighted by Crippen LogP contribution is -2.25. The first kappa shape index (κ1) is 12.1. The van der Waals surface area contributed by atoms with E-state index in [1.807, 2.05) is 37.3 Å². The van der Waals surface area contributed by atoms with E-state index in [1.54, 1.807) is 0 Å². The molecule has 0 spiro atoms. The number of ether oxygens (including phenoxy) is 3. The quantitative estimate of drug-likeness (QED) is 0.576. The van der Waals surface area contributed by atoms with Gasteiger partial charge in [0, 0.05) is 0 Å². The Morgan fingerprint density at radius 1 is 1.41 bits per heavy atom. The second-order valence-electron chi connectivity index (χ2n) is 4.03. The van der Waals surface area contributed by atoms with Crippen LogP contribution in [0.4, 0.5) is 0 Å². The molecule has 4 heteroatoms. The van der Waals surface area contributed by atoms with Gasteiger partial charge in [0.1, 0.15) is 6.10 Å². The van der Waals surface area contributed by atoms with Crippen molar-refractivity contribution in [3.63, 3.8) is 0 Å². The maximum atomic E-state index is 11.7. The number of hydrogen-bond acceptors (Lipinski definition) is 4. The van der Waals surface area contributed by atoms with Gasteiger partial charge in [0.25, 0.3) is 0 Å². The molecule has 1 fully saturated rings. The fourth-order valence-corrected chi connectivity index (χ4v) is 1.63. The molecule has 1 aliphatic heterocycles. The van der Waals surface area contributed by atoms with E-state index in [1.165, 1.54) is 7.11 Å². The van der Waals surface area contributed by atoms with Gasteiger partial charge in [-0.25, -0.2) is 4.79 Å². The summed E-state index contributed by atoms with van der Waals surface area (Å²) in [4.78, 5) is 11.7. The molecule has 0 radical (unpaired) electrons. The Bertz CT molecular complexity index is 372. The Balaban J connectivity index is 2.10. The van der Waals surface area contributed by atoms with Gasteiger partial charge < -0.3 is 14.2 Å². The number of epoxide rings is 1. The van der Waals surface area contributed by atoms with Crippen LogP contribution in [0, 0.1) is 0 Å². The van der Waals surface area contributed by atoms with Gasteiger partial charge in [0.2, 0.25) is 0 Å². The smallest absolute Gasteiger partial charge is 0.339 e. The Morgan fingerprint density at radius 2 is 2.06 bits per heavy atom. The summed E-state index contributed by atoms with van der Waals surface area (Å²) in [5.74, 6) is -0.385. The zero-order valence-corrected chi connectivity index (χ0v) is 9.96. The topological polar surface area (TPSA) is 48.1 Å². The van der Waals surface area contributed by atoms with Crippen molar-refractivity contribution in [1.82, 2.24) is 0 Å². The van der Waals surface area contributed by atoms with Crippen LogP contribution in [-0.4, -0.2) is 31.9 Å². The van der Waals surface area contributed by atoms with E-state index >= 15 is 0 Å². The normalized spacial score (nSPS) is 21.6. The Morgan fingerprint density at radius 3 is 2.59 bits per heavy atom. The summed E-state index contributed by atoms with van der Waals surface area (Å²) in [6, 6.07) is 9.33. The molecule has 0 bridgehead atoms. The maximum absolute atomic E-state index is 11.7. The summed E-state index contributed by atoms with van der Waals surface area (Å²) in [7, 11) is 1.36. The van der Waals surface area contributed by atoms with Gasteiger partial charge in [-0.05, 0) is 12.5 Å². The van der Waals surface area contributed by atoms with Gasteiger partial charge >= 0.3 is 5.97 Å². The minimum absolute atomic E-state index is 0.103. The summed E-state index contributed by atoms with van der Waals surface area (Å²) in [5.41, 5.74) is 0.798. The standard InChI is InChI=1S/C13H16O4/c1-9(11-8-16-11)17-12(13(14)15-2)10-6-4-3-5-7-10/h3-7,9,11-12H,8H2,1-2H3/t9-,11-,12-/m0/s1. The van der Waals surface area contributed by atoms with Gasteiger partial charge in [-0.3, -0.25) is 0 Å². The van der Waals surface area contributed by atoms with Crippen LogP contribution in [0.25, 0.3) is 0 Å². The van der Waals surface area contributed by atoms with E-state index in [0.29, 0.717) is 6.61 Å². The fourth-order valence-electron chi connectivity index (χ4n) is 1.63. The van der Waals surface area contributed by atoms with Crippen LogP contribution in [0.1, 0.15) is 18.6 Å². The SMILES string of the molecule is COC(=O)[C@@H](O[C@@H](C)[C@@H]1CO1)c1ccccc1. The molecule has 0 aromatic heterocycles. The number of carbonyl (C=O) groups excluding carboxylic acids is 1. The highest BCUT2D eigenvalue weighted by Gasteiger charge is 2.34. The Kier molecular flexibility index (Phi) is 3.76. The molecule has 0 saturated carbocycles. The molecular weight excluding hydrogens is 220 g/mol. The molecule has 1 saturated heterocycles. The van der Waals surface area contributed by atoms with E-state index in [0.717, 1.165) is 5.56 Å². The van der Waals surface area contributed by atoms with Crippen molar-refractivity contribution in [2.75, 3.05) is 13.7 Å². The van der Waals surface area contributed by atoms with Crippen LogP contribution in [0.2, 0.25) is 0 Å². The average Bonchev–Trinajstić information content (AvgIpc) is 3.20. The summed E-state index contributed by atoms with van der Waals surface area (Å²) < 4.78 is 15.6. The van der Waals surface area contributed by atoms with Crippen molar-refractivity contribution in [3.05, 3.63) is 35.9 Å². The minimum atomic E-state index is -0.680. The number of hydrogen-bond donors (Lipinski definition) is 0. The zero-order chi connectivity index (χ0) is 12.3. The fraction of sp³-hybridized carbons (Fsp3) is 0.462. The lowest BCUT2D eigenvalue weighted by Gasteiger charge is -2.19. The second kappa shape index (κ2) is 5.29. The summed E-state index contributed by atoms with van der Waals surface area (Å²) in [5, 5.41) is 0. The van der Waals surface area contributed by atoms with Gasteiger partial charge in [-0.1, -0.05) is 30.3 Å². The van der Waals surface area contributed by atoms with Crippen LogP contribution in [0.15, 0.2) is 30.3 Å². The maximum Gasteiger partial charge on any atom is 0.339 e. The molecule has 92 valence electrons. The van der Waals surface area contributed by atoms with Crippen LogP contribution < -0.4 is 0 Å². The third-order valence-corrected chi connectivity index (χ3v) is 2.75. The first-order valence-corrected chi connectivity index (χ1v) is 5.62. The number of carbonyl (C=O) groups is 1. The monoisotopic (exact) mass is 236 g/mol. The Hall–Kier alpha value is -1.39. The van der Waals surface area contributed by atoms with Crippen molar-refractivity contribution in [2.45, 2.75) is 25.2 Å². The van der Waals surface area contributed by atoms with Gasteiger partial charge in [0.05, 0.1) is 19.8 Å². The summed E-state index contributed by atoms with van der Waals surface area (Å²) in [6.45, 7) is 2.60. The molecule has 0 aliphatic carbocycles. The number of rotatable bonds is 5. The largest absolute Gasteiger partial charge is 0.467 e. The molecule has 2 rings (SSSR count). The van der Waals surface area contributed by atoms with Crippen molar-refractivity contribution < 1.29 is 19.0 Å². The number of esters is 1. The molecule has 17 heavy (non-hydrogen) atoms. The van der Waals surface area contributed by atoms with Crippen LogP contribution in [-0.2, 0) is 19.0 Å². The molecule has 1 aliphatic rings. The number of benzene rings is 1. The third-order valence-electron chi connectivity index (χ3n) is 2.75. The van der Waals surface area contributed by atoms with Crippen LogP contribution >= 0.6 is 0 Å².